The van der Waals surface area contributed by atoms with E-state index in [1.807, 2.05) is 4.72 Å². The van der Waals surface area contributed by atoms with Crippen molar-refractivity contribution in [2.24, 2.45) is 0 Å². The topological polar surface area (TPSA) is 134 Å². The molecule has 1 aromatic heterocycles. The summed E-state index contributed by atoms with van der Waals surface area (Å²) >= 11 is 0. The Bertz CT molecular complexity index is 587. The number of nitrogens with zero attached hydrogens (tertiary/aromatic N) is 1. The Hall–Kier alpha value is -2.00. The summed E-state index contributed by atoms with van der Waals surface area (Å²) < 4.78 is 25.7. The fraction of sp³-hybridized carbons (Fsp3) is 0.417. The lowest BCUT2D eigenvalue weighted by molar-refractivity contribution is -0.140. The lowest BCUT2D eigenvalue weighted by atomic mass is 10.2. The number of aliphatic carboxylic acids is 2. The minimum absolute atomic E-state index is 0.211. The van der Waals surface area contributed by atoms with Gasteiger partial charge in [0.1, 0.15) is 6.04 Å². The number of rotatable bonds is 9. The largest absolute Gasteiger partial charge is 0.481 e. The number of carboxylic acids is 2. The number of sulfonamides is 1. The van der Waals surface area contributed by atoms with Crippen LogP contribution in [0.25, 0.3) is 0 Å². The van der Waals surface area contributed by atoms with Crippen LogP contribution >= 0.6 is 0 Å². The van der Waals surface area contributed by atoms with Gasteiger partial charge in [0, 0.05) is 18.8 Å². The Kier molecular flexibility index (Phi) is 6.25. The summed E-state index contributed by atoms with van der Waals surface area (Å²) in [6.07, 6.45) is 2.54. The predicted molar refractivity (Wildman–Crippen MR) is 73.2 cm³/mol. The molecule has 0 bridgehead atoms. The van der Waals surface area contributed by atoms with E-state index >= 15 is 0 Å². The van der Waals surface area contributed by atoms with Crippen LogP contribution in [0.4, 0.5) is 0 Å². The van der Waals surface area contributed by atoms with Gasteiger partial charge in [-0.15, -0.1) is 0 Å². The first-order valence-corrected chi connectivity index (χ1v) is 7.79. The number of aryl methyl sites for hydroxylation is 1. The fourth-order valence-electron chi connectivity index (χ4n) is 1.58. The van der Waals surface area contributed by atoms with E-state index in [0.717, 1.165) is 5.56 Å². The molecule has 0 amide bonds. The van der Waals surface area contributed by atoms with E-state index in [-0.39, 0.29) is 18.6 Å². The molecule has 0 unspecified atom stereocenters. The van der Waals surface area contributed by atoms with Gasteiger partial charge in [-0.3, -0.25) is 14.6 Å². The monoisotopic (exact) mass is 316 g/mol. The van der Waals surface area contributed by atoms with Gasteiger partial charge in [-0.25, -0.2) is 13.1 Å². The number of hydrogen-bond acceptors (Lipinski definition) is 5. The molecule has 0 aliphatic carbocycles. The van der Waals surface area contributed by atoms with Gasteiger partial charge >= 0.3 is 11.9 Å². The van der Waals surface area contributed by atoms with E-state index in [9.17, 15) is 18.0 Å². The molecule has 3 N–H and O–H groups in total. The van der Waals surface area contributed by atoms with E-state index in [4.69, 9.17) is 10.2 Å². The van der Waals surface area contributed by atoms with Crippen molar-refractivity contribution in [2.45, 2.75) is 25.3 Å². The second-order valence-electron chi connectivity index (χ2n) is 4.37. The van der Waals surface area contributed by atoms with Crippen molar-refractivity contribution in [2.75, 3.05) is 5.75 Å². The molecule has 9 heteroatoms. The molecule has 1 atom stereocenters. The van der Waals surface area contributed by atoms with E-state index in [2.05, 4.69) is 4.98 Å². The van der Waals surface area contributed by atoms with Crippen LogP contribution < -0.4 is 4.72 Å². The number of carbonyl (C=O) groups is 2. The maximum atomic E-state index is 11.8. The maximum Gasteiger partial charge on any atom is 0.321 e. The molecule has 1 heterocycles. The number of hydrogen-bond donors (Lipinski definition) is 3. The predicted octanol–water partition coefficient (Wildman–Crippen LogP) is -0.139. The molecule has 0 fully saturated rings. The average molecular weight is 316 g/mol. The average Bonchev–Trinajstić information content (AvgIpc) is 2.42. The summed E-state index contributed by atoms with van der Waals surface area (Å²) in [5.41, 5.74) is 0.757. The maximum absolute atomic E-state index is 11.8. The molecular formula is C12H16N2O6S. The van der Waals surface area contributed by atoms with E-state index in [0.29, 0.717) is 0 Å². The van der Waals surface area contributed by atoms with Gasteiger partial charge in [0.25, 0.3) is 0 Å². The zero-order valence-corrected chi connectivity index (χ0v) is 11.9. The number of nitrogens with one attached hydrogen (secondary N) is 1. The Morgan fingerprint density at radius 2 is 1.86 bits per heavy atom. The van der Waals surface area contributed by atoms with E-state index in [1.54, 1.807) is 12.1 Å². The second-order valence-corrected chi connectivity index (χ2v) is 6.24. The first-order chi connectivity index (χ1) is 9.80. The van der Waals surface area contributed by atoms with Gasteiger partial charge in [0.2, 0.25) is 10.0 Å². The van der Waals surface area contributed by atoms with Crippen LogP contribution in [-0.4, -0.2) is 47.3 Å². The third-order valence-corrected chi connectivity index (χ3v) is 4.06. The Labute approximate surface area is 121 Å². The van der Waals surface area contributed by atoms with E-state index in [1.165, 1.54) is 12.4 Å². The zero-order chi connectivity index (χ0) is 15.9. The molecule has 21 heavy (non-hydrogen) atoms. The molecule has 0 aliphatic heterocycles. The standard InChI is InChI=1S/C12H16N2O6S/c15-11(16)2-1-10(12(17)18)14-21(19,20)8-5-9-3-6-13-7-4-9/h3-4,6-7,10,14H,1-2,5,8H2,(H,15,16)(H,17,18)/t10-/m0/s1. The van der Waals surface area contributed by atoms with Crippen molar-refractivity contribution in [3.8, 4) is 0 Å². The molecule has 0 saturated heterocycles. The van der Waals surface area contributed by atoms with Crippen LogP contribution in [0.3, 0.4) is 0 Å². The van der Waals surface area contributed by atoms with Crippen molar-refractivity contribution in [3.05, 3.63) is 30.1 Å². The molecule has 0 radical (unpaired) electrons. The Morgan fingerprint density at radius 1 is 1.24 bits per heavy atom. The van der Waals surface area contributed by atoms with Gasteiger partial charge in [-0.05, 0) is 30.5 Å². The van der Waals surface area contributed by atoms with Crippen LogP contribution in [0.15, 0.2) is 24.5 Å². The van der Waals surface area contributed by atoms with Gasteiger partial charge in [-0.2, -0.15) is 0 Å². The highest BCUT2D eigenvalue weighted by Crippen LogP contribution is 2.04. The van der Waals surface area contributed by atoms with Crippen molar-refractivity contribution in [3.63, 3.8) is 0 Å². The van der Waals surface area contributed by atoms with Crippen LogP contribution in [0.5, 0.6) is 0 Å². The molecule has 0 saturated carbocycles. The molecule has 0 spiro atoms. The van der Waals surface area contributed by atoms with Crippen LogP contribution in [0.2, 0.25) is 0 Å². The molecule has 116 valence electrons. The number of pyridine rings is 1. The van der Waals surface area contributed by atoms with E-state index < -0.39 is 34.4 Å². The quantitative estimate of drug-likeness (QED) is 0.577. The lowest BCUT2D eigenvalue weighted by Crippen LogP contribution is -2.42. The van der Waals surface area contributed by atoms with Crippen molar-refractivity contribution >= 4 is 22.0 Å². The number of aromatic nitrogens is 1. The summed E-state index contributed by atoms with van der Waals surface area (Å²) in [5, 5.41) is 17.4. The van der Waals surface area contributed by atoms with Gasteiger partial charge in [0.05, 0.1) is 5.75 Å². The Morgan fingerprint density at radius 3 is 2.38 bits per heavy atom. The highest BCUT2D eigenvalue weighted by Gasteiger charge is 2.24. The summed E-state index contributed by atoms with van der Waals surface area (Å²) in [4.78, 5) is 25.2. The highest BCUT2D eigenvalue weighted by atomic mass is 32.2. The van der Waals surface area contributed by atoms with Crippen molar-refractivity contribution < 1.29 is 28.2 Å². The fourth-order valence-corrected chi connectivity index (χ4v) is 2.85. The van der Waals surface area contributed by atoms with Crippen molar-refractivity contribution in [1.29, 1.82) is 0 Å². The first-order valence-electron chi connectivity index (χ1n) is 6.13. The van der Waals surface area contributed by atoms with Crippen LogP contribution in [0, 0.1) is 0 Å². The second kappa shape index (κ2) is 7.70. The third kappa shape index (κ3) is 6.82. The molecular weight excluding hydrogens is 300 g/mol. The summed E-state index contributed by atoms with van der Waals surface area (Å²) in [7, 11) is -3.82. The third-order valence-electron chi connectivity index (χ3n) is 2.68. The summed E-state index contributed by atoms with van der Waals surface area (Å²) in [5.74, 6) is -2.87. The van der Waals surface area contributed by atoms with Crippen molar-refractivity contribution in [1.82, 2.24) is 9.71 Å². The minimum Gasteiger partial charge on any atom is -0.481 e. The SMILES string of the molecule is O=C(O)CC[C@H](NS(=O)(=O)CCc1ccncc1)C(=O)O. The smallest absolute Gasteiger partial charge is 0.321 e. The molecule has 0 aliphatic rings. The van der Waals surface area contributed by atoms with Gasteiger partial charge in [0.15, 0.2) is 0 Å². The van der Waals surface area contributed by atoms with Gasteiger partial charge in [-0.1, -0.05) is 0 Å². The normalized spacial score (nSPS) is 12.8. The Balaban J connectivity index is 2.59. The molecule has 1 rings (SSSR count). The summed E-state index contributed by atoms with van der Waals surface area (Å²) in [6.45, 7) is 0. The molecule has 0 aromatic carbocycles. The first kappa shape index (κ1) is 17.1. The van der Waals surface area contributed by atoms with Crippen LogP contribution in [-0.2, 0) is 26.0 Å². The lowest BCUT2D eigenvalue weighted by Gasteiger charge is -2.13. The van der Waals surface area contributed by atoms with Crippen LogP contribution in [0.1, 0.15) is 18.4 Å². The number of carboxylic acid groups (broad SMARTS) is 2. The highest BCUT2D eigenvalue weighted by molar-refractivity contribution is 7.89. The summed E-state index contributed by atoms with van der Waals surface area (Å²) in [6, 6.07) is 1.88. The van der Waals surface area contributed by atoms with Gasteiger partial charge < -0.3 is 10.2 Å². The zero-order valence-electron chi connectivity index (χ0n) is 11.1. The molecule has 1 aromatic rings. The minimum atomic E-state index is -3.82. The molecule has 8 nitrogen and oxygen atoms in total.